The second kappa shape index (κ2) is 35.3. The zero-order valence-electron chi connectivity index (χ0n) is 54.9. The highest BCUT2D eigenvalue weighted by Gasteiger charge is 2.20. The zero-order valence-corrected chi connectivity index (χ0v) is 58.1. The molecule has 0 spiro atoms. The first-order chi connectivity index (χ1) is 44.0. The van der Waals surface area contributed by atoms with Crippen LogP contribution in [0.2, 0.25) is 0 Å². The van der Waals surface area contributed by atoms with Gasteiger partial charge in [0.05, 0.1) is 36.9 Å². The molecule has 12 rings (SSSR count). The molecule has 3 aromatic heterocycles. The summed E-state index contributed by atoms with van der Waals surface area (Å²) >= 11 is 6.80. The molecule has 0 unspecified atom stereocenters. The first kappa shape index (κ1) is 69.4. The Morgan fingerprint density at radius 1 is 0.322 bits per heavy atom. The van der Waals surface area contributed by atoms with Crippen molar-refractivity contribution in [2.75, 3.05) is 37.1 Å². The van der Waals surface area contributed by atoms with Crippen molar-refractivity contribution in [2.45, 2.75) is 103 Å². The van der Waals surface area contributed by atoms with E-state index in [9.17, 15) is 0 Å². The monoisotopic (exact) mass is 1330 g/mol. The third-order valence-corrected chi connectivity index (χ3v) is 16.0. The van der Waals surface area contributed by atoms with E-state index in [0.29, 0.717) is 19.8 Å². The van der Waals surface area contributed by atoms with Gasteiger partial charge in [0.2, 0.25) is 0 Å². The highest BCUT2D eigenvalue weighted by Crippen LogP contribution is 2.38. The van der Waals surface area contributed by atoms with Gasteiger partial charge in [-0.05, 0) is 164 Å². The van der Waals surface area contributed by atoms with Crippen molar-refractivity contribution in [3.8, 4) is 51.0 Å². The Morgan fingerprint density at radius 2 is 0.578 bits per heavy atom. The first-order valence-electron chi connectivity index (χ1n) is 31.8. The van der Waals surface area contributed by atoms with Crippen molar-refractivity contribution in [1.82, 2.24) is 13.7 Å². The molecule has 0 radical (unpaired) electrons. The summed E-state index contributed by atoms with van der Waals surface area (Å²) in [4.78, 5) is 0. The number of aromatic nitrogens is 3. The number of alkyl halides is 2. The number of fused-ring (bicyclic) bond motifs is 3. The fraction of sp³-hybridized carbons (Fsp3) is 0.259. The largest absolute Gasteiger partial charge is 0.493 e. The van der Waals surface area contributed by atoms with Crippen LogP contribution in [0, 0.1) is 41.5 Å². The maximum absolute atomic E-state index is 8.91. The van der Waals surface area contributed by atoms with E-state index < -0.39 is 0 Å². The average Bonchev–Trinajstić information content (AvgIpc) is 1.68. The minimum Gasteiger partial charge on any atom is -0.493 e. The van der Waals surface area contributed by atoms with E-state index in [1.807, 2.05) is 53.7 Å². The molecule has 0 amide bonds. The van der Waals surface area contributed by atoms with Crippen LogP contribution in [0.3, 0.4) is 0 Å². The lowest BCUT2D eigenvalue weighted by atomic mass is 10.1. The number of benzene rings is 9. The van der Waals surface area contributed by atoms with Gasteiger partial charge in [-0.2, -0.15) is 0 Å². The van der Waals surface area contributed by atoms with Crippen molar-refractivity contribution in [2.24, 2.45) is 0 Å². The van der Waals surface area contributed by atoms with Crippen LogP contribution in [0.5, 0.6) is 17.2 Å². The van der Waals surface area contributed by atoms with Crippen molar-refractivity contribution in [3.63, 3.8) is 0 Å². The zero-order chi connectivity index (χ0) is 64.5. The van der Waals surface area contributed by atoms with Gasteiger partial charge in [-0.25, -0.2) is 0 Å². The van der Waals surface area contributed by atoms with E-state index in [0.717, 1.165) is 47.5 Å². The Morgan fingerprint density at radius 3 is 0.822 bits per heavy atom. The lowest BCUT2D eigenvalue weighted by Gasteiger charge is -2.13. The van der Waals surface area contributed by atoms with Crippen LogP contribution in [-0.2, 0) is 19.6 Å². The smallest absolute Gasteiger partial charge is 0.119 e. The van der Waals surface area contributed by atoms with Crippen molar-refractivity contribution in [1.29, 1.82) is 0 Å². The van der Waals surface area contributed by atoms with E-state index in [2.05, 4.69) is 293 Å². The summed E-state index contributed by atoms with van der Waals surface area (Å²) < 4.78 is 24.1. The minimum atomic E-state index is 0.0240. The summed E-state index contributed by atoms with van der Waals surface area (Å²) in [7, 11) is 0. The molecular formula is C81H91Br2N3O4. The number of aliphatic hydroxyl groups is 1. The molecule has 0 saturated heterocycles. The molecule has 7 nitrogen and oxygen atoms in total. The molecule has 9 aromatic carbocycles. The molecular weight excluding hydrogens is 1240 g/mol. The van der Waals surface area contributed by atoms with Crippen molar-refractivity contribution in [3.05, 3.63) is 268 Å². The molecule has 0 fully saturated rings. The molecule has 468 valence electrons. The summed E-state index contributed by atoms with van der Waals surface area (Å²) in [6, 6.07) is 77.1. The topological polar surface area (TPSA) is 62.7 Å². The van der Waals surface area contributed by atoms with Crippen LogP contribution in [-0.4, -0.2) is 55.9 Å². The number of ether oxygens (including phenoxy) is 3. The van der Waals surface area contributed by atoms with Crippen LogP contribution < -0.4 is 14.2 Å². The van der Waals surface area contributed by atoms with Crippen molar-refractivity contribution >= 4 is 64.6 Å². The minimum absolute atomic E-state index is 0.0240. The van der Waals surface area contributed by atoms with Gasteiger partial charge in [-0.3, -0.25) is 0 Å². The van der Waals surface area contributed by atoms with Gasteiger partial charge >= 0.3 is 0 Å². The van der Waals surface area contributed by atoms with Gasteiger partial charge in [0.25, 0.3) is 0 Å². The number of aliphatic hydroxyl groups excluding tert-OH is 1. The molecule has 90 heavy (non-hydrogen) atoms. The molecule has 0 aliphatic rings. The average molecular weight is 1330 g/mol. The summed E-state index contributed by atoms with van der Waals surface area (Å²) in [5.74, 6) is 2.61. The van der Waals surface area contributed by atoms with Gasteiger partial charge in [0, 0.05) is 63.0 Å². The van der Waals surface area contributed by atoms with Crippen LogP contribution in [0.1, 0.15) is 91.6 Å². The van der Waals surface area contributed by atoms with Gasteiger partial charge in [-0.1, -0.05) is 236 Å². The van der Waals surface area contributed by atoms with E-state index in [1.165, 1.54) is 117 Å². The van der Waals surface area contributed by atoms with Crippen LogP contribution in [0.25, 0.3) is 66.5 Å². The van der Waals surface area contributed by atoms with E-state index >= 15 is 0 Å². The molecule has 12 aromatic rings. The van der Waals surface area contributed by atoms with Crippen molar-refractivity contribution < 1.29 is 19.3 Å². The van der Waals surface area contributed by atoms with Gasteiger partial charge in [-0.15, -0.1) is 0 Å². The standard InChI is InChI=1S/2C25H24BrNO.C25H25NO2.3C2H6/c2*1-18-8-13-24-23(16-18)19(2)25(21-6-4-3-5-7-21)27(24)17-20-9-11-22(12-10-20)28-15-14-26;1-18-8-13-24-23(16-18)19(2)25(21-6-4-3-5-7-21)26(24)17-20-9-11-22(12-10-20)28-15-14-27;3*1-2/h2*3-13,16H,14-15,17H2,1-2H3;3-13,16,27H,14-15,17H2,1-2H3;3*1-2H3. The van der Waals surface area contributed by atoms with Crippen LogP contribution in [0.4, 0.5) is 0 Å². The Bertz CT molecular complexity index is 3670. The summed E-state index contributed by atoms with van der Waals surface area (Å²) in [5.41, 5.74) is 23.0. The fourth-order valence-electron chi connectivity index (χ4n) is 11.4. The normalized spacial score (nSPS) is 10.6. The summed E-state index contributed by atoms with van der Waals surface area (Å²) in [6.07, 6.45) is 0. The maximum atomic E-state index is 8.91. The molecule has 9 heteroatoms. The van der Waals surface area contributed by atoms with Gasteiger partial charge in [0.1, 0.15) is 23.9 Å². The second-order valence-corrected chi connectivity index (χ2v) is 23.0. The molecule has 0 aliphatic carbocycles. The Hall–Kier alpha value is -8.08. The summed E-state index contributed by atoms with van der Waals surface area (Å²) in [5, 5.41) is 14.5. The lowest BCUT2D eigenvalue weighted by molar-refractivity contribution is 0.201. The highest BCUT2D eigenvalue weighted by atomic mass is 79.9. The van der Waals surface area contributed by atoms with E-state index in [1.54, 1.807) is 0 Å². The number of rotatable bonds is 18. The number of nitrogens with zero attached hydrogens (tertiary/aromatic N) is 3. The molecule has 0 saturated carbocycles. The fourth-order valence-corrected chi connectivity index (χ4v) is 11.7. The molecule has 0 atom stereocenters. The molecule has 0 aliphatic heterocycles. The molecule has 0 bridgehead atoms. The Balaban J connectivity index is 0.000000184. The molecule has 3 heterocycles. The third kappa shape index (κ3) is 17.4. The highest BCUT2D eigenvalue weighted by molar-refractivity contribution is 9.09. The number of hydrogen-bond acceptors (Lipinski definition) is 4. The van der Waals surface area contributed by atoms with Gasteiger partial charge in [0.15, 0.2) is 0 Å². The number of hydrogen-bond donors (Lipinski definition) is 1. The second-order valence-electron chi connectivity index (χ2n) is 21.4. The predicted molar refractivity (Wildman–Crippen MR) is 392 cm³/mol. The quantitative estimate of drug-likeness (QED) is 0.0870. The number of aryl methyl sites for hydroxylation is 6. The van der Waals surface area contributed by atoms with E-state index in [-0.39, 0.29) is 6.61 Å². The number of halogens is 2. The maximum Gasteiger partial charge on any atom is 0.119 e. The Kier molecular flexibility index (Phi) is 27.3. The Labute approximate surface area is 553 Å². The predicted octanol–water partition coefficient (Wildman–Crippen LogP) is 21.9. The van der Waals surface area contributed by atoms with E-state index in [4.69, 9.17) is 19.3 Å². The lowest BCUT2D eigenvalue weighted by Crippen LogP contribution is -2.03. The molecule has 1 N–H and O–H groups in total. The first-order valence-corrected chi connectivity index (χ1v) is 34.1. The van der Waals surface area contributed by atoms with Gasteiger partial charge < -0.3 is 33.0 Å². The SMILES string of the molecule is CC.CC.CC.Cc1ccc2c(c1)c(C)c(-c1ccccc1)n2Cc1ccc(OCCBr)cc1.Cc1ccc2c(c1)c(C)c(-c1ccccc1)n2Cc1ccc(OCCBr)cc1.Cc1ccc2c(c1)c(C)c(-c1ccccc1)n2Cc1ccc(OCCO)cc1. The third-order valence-electron chi connectivity index (χ3n) is 15.4. The van der Waals surface area contributed by atoms with Crippen LogP contribution in [0.15, 0.2) is 218 Å². The summed E-state index contributed by atoms with van der Waals surface area (Å²) in [6.45, 7) is 29.3. The van der Waals surface area contributed by atoms with Crippen LogP contribution >= 0.6 is 31.9 Å².